The summed E-state index contributed by atoms with van der Waals surface area (Å²) >= 11 is 0. The molecule has 0 saturated heterocycles. The van der Waals surface area contributed by atoms with E-state index in [0.29, 0.717) is 0 Å². The Balaban J connectivity index is 2.61. The summed E-state index contributed by atoms with van der Waals surface area (Å²) in [5.74, 6) is 0.870. The summed E-state index contributed by atoms with van der Waals surface area (Å²) in [7, 11) is 0. The third kappa shape index (κ3) is 4.49. The van der Waals surface area contributed by atoms with Crippen LogP contribution in [0.25, 0.3) is 0 Å². The maximum Gasteiger partial charge on any atom is 0.122 e. The van der Waals surface area contributed by atoms with E-state index in [9.17, 15) is 0 Å². The molecule has 0 aromatic heterocycles. The van der Waals surface area contributed by atoms with Crippen LogP contribution in [0.3, 0.4) is 0 Å². The smallest absolute Gasteiger partial charge is 0.122 e. The SMILES string of the molecule is CCC(C)CN(CC)Cc1ccc(C(=N)N)cc1. The molecular formula is C15H25N3. The van der Waals surface area contributed by atoms with Crippen LogP contribution in [0.1, 0.15) is 38.3 Å². The molecule has 3 heteroatoms. The van der Waals surface area contributed by atoms with Crippen LogP contribution in [-0.4, -0.2) is 23.8 Å². The molecule has 1 atom stereocenters. The van der Waals surface area contributed by atoms with Gasteiger partial charge in [-0.2, -0.15) is 0 Å². The van der Waals surface area contributed by atoms with Crippen molar-refractivity contribution in [3.05, 3.63) is 35.4 Å². The van der Waals surface area contributed by atoms with Crippen molar-refractivity contribution in [3.8, 4) is 0 Å². The lowest BCUT2D eigenvalue weighted by molar-refractivity contribution is 0.238. The Morgan fingerprint density at radius 2 is 1.89 bits per heavy atom. The maximum absolute atomic E-state index is 7.37. The summed E-state index contributed by atoms with van der Waals surface area (Å²) < 4.78 is 0. The lowest BCUT2D eigenvalue weighted by Gasteiger charge is -2.23. The van der Waals surface area contributed by atoms with Crippen LogP contribution in [-0.2, 0) is 6.54 Å². The molecule has 0 aliphatic heterocycles. The highest BCUT2D eigenvalue weighted by Crippen LogP contribution is 2.10. The van der Waals surface area contributed by atoms with E-state index in [1.807, 2.05) is 12.1 Å². The van der Waals surface area contributed by atoms with Crippen LogP contribution in [0, 0.1) is 11.3 Å². The van der Waals surface area contributed by atoms with Crippen molar-refractivity contribution in [2.24, 2.45) is 11.7 Å². The number of nitrogens with zero attached hydrogens (tertiary/aromatic N) is 1. The number of nitrogens with one attached hydrogen (secondary N) is 1. The number of hydrogen-bond donors (Lipinski definition) is 2. The zero-order chi connectivity index (χ0) is 13.5. The summed E-state index contributed by atoms with van der Waals surface area (Å²) in [4.78, 5) is 2.46. The first-order valence-electron chi connectivity index (χ1n) is 6.72. The van der Waals surface area contributed by atoms with E-state index in [1.165, 1.54) is 12.0 Å². The van der Waals surface area contributed by atoms with E-state index in [0.717, 1.165) is 31.1 Å². The zero-order valence-electron chi connectivity index (χ0n) is 11.7. The van der Waals surface area contributed by atoms with Gasteiger partial charge in [0.15, 0.2) is 0 Å². The first-order valence-corrected chi connectivity index (χ1v) is 6.72. The van der Waals surface area contributed by atoms with Gasteiger partial charge >= 0.3 is 0 Å². The molecule has 0 aliphatic carbocycles. The number of rotatable bonds is 7. The summed E-state index contributed by atoms with van der Waals surface area (Å²) in [6.45, 7) is 9.91. The van der Waals surface area contributed by atoms with Gasteiger partial charge in [0.25, 0.3) is 0 Å². The number of hydrogen-bond acceptors (Lipinski definition) is 2. The van der Waals surface area contributed by atoms with E-state index >= 15 is 0 Å². The quantitative estimate of drug-likeness (QED) is 0.575. The van der Waals surface area contributed by atoms with Crippen LogP contribution in [0.15, 0.2) is 24.3 Å². The average Bonchev–Trinajstić information content (AvgIpc) is 2.38. The number of nitrogen functional groups attached to an aromatic ring is 1. The van der Waals surface area contributed by atoms with Gasteiger partial charge in [0.1, 0.15) is 5.84 Å². The first-order chi connectivity index (χ1) is 8.56. The minimum Gasteiger partial charge on any atom is -0.384 e. The molecule has 100 valence electrons. The molecule has 0 heterocycles. The Bertz CT molecular complexity index is 370. The van der Waals surface area contributed by atoms with E-state index in [-0.39, 0.29) is 5.84 Å². The maximum atomic E-state index is 7.37. The van der Waals surface area contributed by atoms with Crippen LogP contribution in [0.2, 0.25) is 0 Å². The number of nitrogens with two attached hydrogens (primary N) is 1. The van der Waals surface area contributed by atoms with Crippen molar-refractivity contribution in [2.45, 2.75) is 33.7 Å². The van der Waals surface area contributed by atoms with Crippen molar-refractivity contribution < 1.29 is 0 Å². The van der Waals surface area contributed by atoms with Crippen molar-refractivity contribution in [1.29, 1.82) is 5.41 Å². The van der Waals surface area contributed by atoms with Crippen LogP contribution >= 0.6 is 0 Å². The Morgan fingerprint density at radius 1 is 1.28 bits per heavy atom. The normalized spacial score (nSPS) is 12.7. The van der Waals surface area contributed by atoms with Gasteiger partial charge in [0.05, 0.1) is 0 Å². The third-order valence-electron chi connectivity index (χ3n) is 3.39. The second kappa shape index (κ2) is 7.17. The molecule has 0 bridgehead atoms. The molecule has 0 saturated carbocycles. The minimum absolute atomic E-state index is 0.133. The predicted molar refractivity (Wildman–Crippen MR) is 77.9 cm³/mol. The highest BCUT2D eigenvalue weighted by molar-refractivity contribution is 5.94. The highest BCUT2D eigenvalue weighted by atomic mass is 15.1. The molecule has 0 radical (unpaired) electrons. The molecular weight excluding hydrogens is 222 g/mol. The largest absolute Gasteiger partial charge is 0.384 e. The number of benzene rings is 1. The average molecular weight is 247 g/mol. The first kappa shape index (κ1) is 14.7. The third-order valence-corrected chi connectivity index (χ3v) is 3.39. The van der Waals surface area contributed by atoms with Gasteiger partial charge in [-0.15, -0.1) is 0 Å². The van der Waals surface area contributed by atoms with Crippen molar-refractivity contribution in [3.63, 3.8) is 0 Å². The minimum atomic E-state index is 0.133. The van der Waals surface area contributed by atoms with Gasteiger partial charge < -0.3 is 5.73 Å². The topological polar surface area (TPSA) is 53.1 Å². The fourth-order valence-electron chi connectivity index (χ4n) is 1.92. The molecule has 18 heavy (non-hydrogen) atoms. The molecule has 1 rings (SSSR count). The second-order valence-electron chi connectivity index (χ2n) is 4.95. The van der Waals surface area contributed by atoms with Crippen LogP contribution < -0.4 is 5.73 Å². The summed E-state index contributed by atoms with van der Waals surface area (Å²) in [5, 5.41) is 7.37. The summed E-state index contributed by atoms with van der Waals surface area (Å²) in [6.07, 6.45) is 1.22. The van der Waals surface area contributed by atoms with Gasteiger partial charge in [-0.25, -0.2) is 0 Å². The highest BCUT2D eigenvalue weighted by Gasteiger charge is 2.08. The van der Waals surface area contributed by atoms with Gasteiger partial charge in [-0.1, -0.05) is 51.5 Å². The second-order valence-corrected chi connectivity index (χ2v) is 4.95. The Kier molecular flexibility index (Phi) is 5.86. The molecule has 0 amide bonds. The molecule has 3 nitrogen and oxygen atoms in total. The monoisotopic (exact) mass is 247 g/mol. The van der Waals surface area contributed by atoms with Crippen molar-refractivity contribution >= 4 is 5.84 Å². The Labute approximate surface area is 111 Å². The Hall–Kier alpha value is -1.35. The predicted octanol–water partition coefficient (Wildman–Crippen LogP) is 2.84. The molecule has 1 unspecified atom stereocenters. The lowest BCUT2D eigenvalue weighted by Crippen LogP contribution is -2.27. The molecule has 3 N–H and O–H groups in total. The van der Waals surface area contributed by atoms with Crippen LogP contribution in [0.4, 0.5) is 0 Å². The standard InChI is InChI=1S/C15H25N3/c1-4-12(3)10-18(5-2)11-13-6-8-14(9-7-13)15(16)17/h6-9,12H,4-5,10-11H2,1-3H3,(H3,16,17). The number of amidine groups is 1. The van der Waals surface area contributed by atoms with E-state index in [1.54, 1.807) is 0 Å². The summed E-state index contributed by atoms with van der Waals surface area (Å²) in [5.41, 5.74) is 7.53. The fraction of sp³-hybridized carbons (Fsp3) is 0.533. The fourth-order valence-corrected chi connectivity index (χ4v) is 1.92. The van der Waals surface area contributed by atoms with Gasteiger partial charge in [0.2, 0.25) is 0 Å². The van der Waals surface area contributed by atoms with E-state index in [4.69, 9.17) is 11.1 Å². The van der Waals surface area contributed by atoms with Gasteiger partial charge in [0, 0.05) is 18.7 Å². The van der Waals surface area contributed by atoms with E-state index in [2.05, 4.69) is 37.8 Å². The van der Waals surface area contributed by atoms with E-state index < -0.39 is 0 Å². The van der Waals surface area contributed by atoms with Crippen LogP contribution in [0.5, 0.6) is 0 Å². The van der Waals surface area contributed by atoms with Gasteiger partial charge in [-0.3, -0.25) is 10.3 Å². The Morgan fingerprint density at radius 3 is 2.33 bits per heavy atom. The lowest BCUT2D eigenvalue weighted by atomic mass is 10.1. The summed E-state index contributed by atoms with van der Waals surface area (Å²) in [6, 6.07) is 7.98. The van der Waals surface area contributed by atoms with Crippen molar-refractivity contribution in [2.75, 3.05) is 13.1 Å². The molecule has 0 aliphatic rings. The zero-order valence-corrected chi connectivity index (χ0v) is 11.7. The molecule has 0 fully saturated rings. The molecule has 0 spiro atoms. The molecule has 1 aromatic rings. The van der Waals surface area contributed by atoms with Gasteiger partial charge in [-0.05, 0) is 18.0 Å². The van der Waals surface area contributed by atoms with Crippen molar-refractivity contribution in [1.82, 2.24) is 4.90 Å². The molecule has 1 aromatic carbocycles.